The Balaban J connectivity index is 1.49. The number of hydrogen-bond donors (Lipinski definition) is 0. The van der Waals surface area contributed by atoms with E-state index in [0.29, 0.717) is 24.6 Å². The first-order chi connectivity index (χ1) is 14.5. The van der Waals surface area contributed by atoms with E-state index in [2.05, 4.69) is 4.90 Å². The highest BCUT2D eigenvalue weighted by atomic mass is 32.2. The largest absolute Gasteiger partial charge is 0.466 e. The monoisotopic (exact) mass is 431 g/mol. The Labute approximate surface area is 178 Å². The molecule has 0 saturated carbocycles. The van der Waals surface area contributed by atoms with Gasteiger partial charge in [0.1, 0.15) is 5.82 Å². The lowest BCUT2D eigenvalue weighted by molar-refractivity contribution is -0.148. The highest BCUT2D eigenvalue weighted by molar-refractivity contribution is 7.89. The van der Waals surface area contributed by atoms with E-state index in [4.69, 9.17) is 9.72 Å². The zero-order chi connectivity index (χ0) is 21.1. The smallest absolute Gasteiger partial charge is 0.309 e. The molecular formula is C22H29N3O4S. The molecule has 7 nitrogen and oxygen atoms in total. The van der Waals surface area contributed by atoms with E-state index in [9.17, 15) is 13.2 Å². The number of piperidine rings is 2. The van der Waals surface area contributed by atoms with Crippen molar-refractivity contribution in [3.63, 3.8) is 0 Å². The molecule has 0 unspecified atom stereocenters. The van der Waals surface area contributed by atoms with Crippen LogP contribution in [0.1, 0.15) is 39.0 Å². The summed E-state index contributed by atoms with van der Waals surface area (Å²) in [5, 5.41) is 0.818. The van der Waals surface area contributed by atoms with E-state index in [1.807, 2.05) is 19.1 Å². The molecule has 30 heavy (non-hydrogen) atoms. The van der Waals surface area contributed by atoms with Gasteiger partial charge in [-0.2, -0.15) is 4.31 Å². The Kier molecular flexibility index (Phi) is 6.24. The number of fused-ring (bicyclic) bond motifs is 1. The van der Waals surface area contributed by atoms with Crippen molar-refractivity contribution in [1.29, 1.82) is 0 Å². The lowest BCUT2D eigenvalue weighted by Gasteiger charge is -2.31. The molecule has 2 aliphatic rings. The van der Waals surface area contributed by atoms with Crippen molar-refractivity contribution in [2.75, 3.05) is 37.7 Å². The second-order valence-electron chi connectivity index (χ2n) is 8.00. The van der Waals surface area contributed by atoms with Gasteiger partial charge in [-0.3, -0.25) is 4.79 Å². The fraction of sp³-hybridized carbons (Fsp3) is 0.545. The highest BCUT2D eigenvalue weighted by Gasteiger charge is 2.28. The third-order valence-electron chi connectivity index (χ3n) is 6.04. The fourth-order valence-corrected chi connectivity index (χ4v) is 5.84. The molecule has 1 aromatic carbocycles. The molecule has 0 spiro atoms. The maximum atomic E-state index is 12.9. The average molecular weight is 432 g/mol. The number of carbonyl (C=O) groups is 1. The van der Waals surface area contributed by atoms with E-state index in [1.165, 1.54) is 0 Å². The van der Waals surface area contributed by atoms with Gasteiger partial charge >= 0.3 is 5.97 Å². The van der Waals surface area contributed by atoms with E-state index in [0.717, 1.165) is 61.9 Å². The van der Waals surface area contributed by atoms with Crippen molar-refractivity contribution < 1.29 is 17.9 Å². The molecule has 0 radical (unpaired) electrons. The zero-order valence-corrected chi connectivity index (χ0v) is 18.2. The number of hydrogen-bond acceptors (Lipinski definition) is 6. The van der Waals surface area contributed by atoms with Gasteiger partial charge in [-0.25, -0.2) is 13.4 Å². The summed E-state index contributed by atoms with van der Waals surface area (Å²) in [5.41, 5.74) is 0.776. The molecule has 4 rings (SSSR count). The Hall–Kier alpha value is -2.19. The van der Waals surface area contributed by atoms with Gasteiger partial charge in [0.2, 0.25) is 10.0 Å². The number of esters is 1. The molecule has 3 heterocycles. The first-order valence-electron chi connectivity index (χ1n) is 10.8. The van der Waals surface area contributed by atoms with E-state index in [1.54, 1.807) is 22.5 Å². The second-order valence-corrected chi connectivity index (χ2v) is 9.94. The quantitative estimate of drug-likeness (QED) is 0.677. The van der Waals surface area contributed by atoms with Gasteiger partial charge in [0, 0.05) is 31.6 Å². The van der Waals surface area contributed by atoms with E-state index < -0.39 is 10.0 Å². The summed E-state index contributed by atoms with van der Waals surface area (Å²) in [4.78, 5) is 19.2. The van der Waals surface area contributed by atoms with Gasteiger partial charge in [0.15, 0.2) is 0 Å². The van der Waals surface area contributed by atoms with Crippen LogP contribution in [0.2, 0.25) is 0 Å². The molecule has 2 aromatic rings. The number of sulfonamides is 1. The Morgan fingerprint density at radius 2 is 1.80 bits per heavy atom. The molecule has 2 aliphatic heterocycles. The van der Waals surface area contributed by atoms with E-state index >= 15 is 0 Å². The fourth-order valence-electron chi connectivity index (χ4n) is 4.29. The van der Waals surface area contributed by atoms with Crippen LogP contribution in [0.25, 0.3) is 10.9 Å². The molecule has 0 atom stereocenters. The standard InChI is InChI=1S/C22H29N3O4S/c1-2-29-22(26)17-10-14-24(15-11-17)21-9-6-18-16-19(7-8-20(18)23-21)30(27,28)25-12-4-3-5-13-25/h6-9,16-17H,2-5,10-15H2,1H3. The first kappa shape index (κ1) is 21.1. The number of rotatable bonds is 5. The van der Waals surface area contributed by atoms with Crippen molar-refractivity contribution >= 4 is 32.7 Å². The molecule has 1 aromatic heterocycles. The van der Waals surface area contributed by atoms with Crippen molar-refractivity contribution in [1.82, 2.24) is 9.29 Å². The van der Waals surface area contributed by atoms with Gasteiger partial charge in [0.25, 0.3) is 0 Å². The average Bonchev–Trinajstić information content (AvgIpc) is 2.79. The molecule has 0 bridgehead atoms. The zero-order valence-electron chi connectivity index (χ0n) is 17.4. The highest BCUT2D eigenvalue weighted by Crippen LogP contribution is 2.27. The van der Waals surface area contributed by atoms with Crippen molar-refractivity contribution in [3.05, 3.63) is 30.3 Å². The second kappa shape index (κ2) is 8.89. The summed E-state index contributed by atoms with van der Waals surface area (Å²) in [7, 11) is -3.45. The van der Waals surface area contributed by atoms with Crippen LogP contribution < -0.4 is 4.90 Å². The number of nitrogens with zero attached hydrogens (tertiary/aromatic N) is 3. The lowest BCUT2D eigenvalue weighted by Crippen LogP contribution is -2.37. The maximum Gasteiger partial charge on any atom is 0.309 e. The number of benzene rings is 1. The molecule has 2 saturated heterocycles. The van der Waals surface area contributed by atoms with Crippen molar-refractivity contribution in [2.24, 2.45) is 5.92 Å². The minimum Gasteiger partial charge on any atom is -0.466 e. The van der Waals surface area contributed by atoms with Gasteiger partial charge < -0.3 is 9.64 Å². The van der Waals surface area contributed by atoms with Gasteiger partial charge in [-0.1, -0.05) is 6.42 Å². The molecule has 0 aliphatic carbocycles. The minimum atomic E-state index is -3.45. The van der Waals surface area contributed by atoms with Gasteiger partial charge in [0.05, 0.1) is 22.9 Å². The predicted octanol–water partition coefficient (Wildman–Crippen LogP) is 3.19. The summed E-state index contributed by atoms with van der Waals surface area (Å²) in [6.45, 7) is 4.95. The van der Waals surface area contributed by atoms with Crippen LogP contribution in [0.4, 0.5) is 5.82 Å². The predicted molar refractivity (Wildman–Crippen MR) is 116 cm³/mol. The number of anilines is 1. The molecular weight excluding hydrogens is 402 g/mol. The van der Waals surface area contributed by atoms with E-state index in [-0.39, 0.29) is 11.9 Å². The molecule has 0 amide bonds. The third-order valence-corrected chi connectivity index (χ3v) is 7.93. The summed E-state index contributed by atoms with van der Waals surface area (Å²) < 4.78 is 32.6. The maximum absolute atomic E-state index is 12.9. The van der Waals surface area contributed by atoms with Crippen molar-refractivity contribution in [3.8, 4) is 0 Å². The Morgan fingerprint density at radius 1 is 1.07 bits per heavy atom. The van der Waals surface area contributed by atoms with Gasteiger partial charge in [-0.15, -0.1) is 0 Å². The number of aromatic nitrogens is 1. The number of ether oxygens (including phenoxy) is 1. The Morgan fingerprint density at radius 3 is 2.50 bits per heavy atom. The first-order valence-corrected chi connectivity index (χ1v) is 12.3. The van der Waals surface area contributed by atoms with Crippen LogP contribution in [-0.4, -0.2) is 56.5 Å². The minimum absolute atomic E-state index is 0.0378. The lowest BCUT2D eigenvalue weighted by atomic mass is 9.97. The van der Waals surface area contributed by atoms with Crippen LogP contribution in [0, 0.1) is 5.92 Å². The topological polar surface area (TPSA) is 79.8 Å². The third kappa shape index (κ3) is 4.30. The van der Waals surface area contributed by atoms with Crippen LogP contribution in [-0.2, 0) is 19.6 Å². The summed E-state index contributed by atoms with van der Waals surface area (Å²) >= 11 is 0. The summed E-state index contributed by atoms with van der Waals surface area (Å²) in [6, 6.07) is 9.05. The van der Waals surface area contributed by atoms with Crippen molar-refractivity contribution in [2.45, 2.75) is 43.9 Å². The Bertz CT molecular complexity index is 1010. The van der Waals surface area contributed by atoms with Gasteiger partial charge in [-0.05, 0) is 62.9 Å². The number of carbonyl (C=O) groups excluding carboxylic acids is 1. The molecule has 0 N–H and O–H groups in total. The summed E-state index contributed by atoms with van der Waals surface area (Å²) in [5.74, 6) is 0.715. The SMILES string of the molecule is CCOC(=O)C1CCN(c2ccc3cc(S(=O)(=O)N4CCCCC4)ccc3n2)CC1. The normalized spacial score (nSPS) is 19.2. The molecule has 2 fully saturated rings. The molecule has 162 valence electrons. The van der Waals surface area contributed by atoms with Crippen LogP contribution in [0.15, 0.2) is 35.2 Å². The summed E-state index contributed by atoms with van der Waals surface area (Å²) in [6.07, 6.45) is 4.44. The van der Waals surface area contributed by atoms with Crippen LogP contribution >= 0.6 is 0 Å². The van der Waals surface area contributed by atoms with Crippen LogP contribution in [0.5, 0.6) is 0 Å². The van der Waals surface area contributed by atoms with Crippen LogP contribution in [0.3, 0.4) is 0 Å². The molecule has 8 heteroatoms. The number of pyridine rings is 1.